The second kappa shape index (κ2) is 6.08. The summed E-state index contributed by atoms with van der Waals surface area (Å²) < 4.78 is 4.08. The average molecular weight is 311 g/mol. The van der Waals surface area contributed by atoms with Crippen LogP contribution in [0.2, 0.25) is 0 Å². The monoisotopic (exact) mass is 311 g/mol. The smallest absolute Gasteiger partial charge is 0.160 e. The van der Waals surface area contributed by atoms with E-state index in [-0.39, 0.29) is 0 Å². The van der Waals surface area contributed by atoms with Crippen LogP contribution in [0.5, 0.6) is 0 Å². The molecule has 4 rings (SSSR count). The van der Waals surface area contributed by atoms with Crippen molar-refractivity contribution in [2.75, 3.05) is 13.1 Å². The zero-order chi connectivity index (χ0) is 15.6. The molecule has 4 heterocycles. The fourth-order valence-electron chi connectivity index (χ4n) is 3.42. The van der Waals surface area contributed by atoms with Gasteiger partial charge in [0.1, 0.15) is 18.0 Å². The number of aryl methyl sites for hydroxylation is 1. The number of pyridine rings is 1. The zero-order valence-corrected chi connectivity index (χ0v) is 13.3. The van der Waals surface area contributed by atoms with E-state index >= 15 is 0 Å². The predicted octanol–water partition coefficient (Wildman–Crippen LogP) is 1.72. The van der Waals surface area contributed by atoms with E-state index in [0.29, 0.717) is 5.92 Å². The van der Waals surface area contributed by atoms with Gasteiger partial charge in [-0.1, -0.05) is 6.07 Å². The molecule has 3 aromatic heterocycles. The van der Waals surface area contributed by atoms with E-state index in [1.165, 1.54) is 6.42 Å². The largest absolute Gasteiger partial charge is 0.295 e. The highest BCUT2D eigenvalue weighted by Crippen LogP contribution is 2.26. The van der Waals surface area contributed by atoms with Gasteiger partial charge in [-0.05, 0) is 38.4 Å². The van der Waals surface area contributed by atoms with E-state index in [1.807, 2.05) is 22.9 Å². The maximum absolute atomic E-state index is 4.44. The second-order valence-electron chi connectivity index (χ2n) is 6.05. The Labute approximate surface area is 135 Å². The van der Waals surface area contributed by atoms with Crippen molar-refractivity contribution in [1.82, 2.24) is 34.3 Å². The quantitative estimate of drug-likeness (QED) is 0.734. The van der Waals surface area contributed by atoms with Crippen molar-refractivity contribution >= 4 is 5.65 Å². The summed E-state index contributed by atoms with van der Waals surface area (Å²) in [4.78, 5) is 6.85. The Morgan fingerprint density at radius 2 is 2.22 bits per heavy atom. The molecular weight excluding hydrogens is 290 g/mol. The minimum absolute atomic E-state index is 0.416. The molecule has 0 N–H and O–H groups in total. The first-order valence-electron chi connectivity index (χ1n) is 8.24. The van der Waals surface area contributed by atoms with Crippen molar-refractivity contribution in [3.63, 3.8) is 0 Å². The van der Waals surface area contributed by atoms with E-state index in [2.05, 4.69) is 42.7 Å². The number of fused-ring (bicyclic) bond motifs is 1. The van der Waals surface area contributed by atoms with Gasteiger partial charge in [0, 0.05) is 25.2 Å². The third-order valence-corrected chi connectivity index (χ3v) is 4.57. The van der Waals surface area contributed by atoms with Crippen molar-refractivity contribution < 1.29 is 0 Å². The third kappa shape index (κ3) is 2.72. The SMILES string of the molecule is CCn1ncnc1CN1CCC[C@@H](c2nnc3ccccn23)C1. The molecule has 3 aromatic rings. The number of hydrogen-bond acceptors (Lipinski definition) is 5. The highest BCUT2D eigenvalue weighted by atomic mass is 15.3. The molecule has 1 fully saturated rings. The fourth-order valence-corrected chi connectivity index (χ4v) is 3.42. The van der Waals surface area contributed by atoms with Crippen LogP contribution in [0.1, 0.15) is 37.3 Å². The molecule has 23 heavy (non-hydrogen) atoms. The number of piperidine rings is 1. The maximum Gasteiger partial charge on any atom is 0.160 e. The van der Waals surface area contributed by atoms with Crippen LogP contribution in [0.4, 0.5) is 0 Å². The van der Waals surface area contributed by atoms with Gasteiger partial charge in [0.05, 0.1) is 6.54 Å². The Hall–Kier alpha value is -2.28. The molecule has 1 aliphatic rings. The lowest BCUT2D eigenvalue weighted by Crippen LogP contribution is -2.35. The molecule has 0 aromatic carbocycles. The highest BCUT2D eigenvalue weighted by molar-refractivity contribution is 5.37. The molecule has 1 aliphatic heterocycles. The fraction of sp³-hybridized carbons (Fsp3) is 0.500. The lowest BCUT2D eigenvalue weighted by atomic mass is 9.97. The van der Waals surface area contributed by atoms with Gasteiger partial charge in [-0.15, -0.1) is 10.2 Å². The minimum atomic E-state index is 0.416. The Bertz CT molecular complexity index is 790. The van der Waals surface area contributed by atoms with Crippen molar-refractivity contribution in [2.24, 2.45) is 0 Å². The summed E-state index contributed by atoms with van der Waals surface area (Å²) >= 11 is 0. The normalized spacial score (nSPS) is 19.4. The minimum Gasteiger partial charge on any atom is -0.295 e. The first kappa shape index (κ1) is 14.3. The van der Waals surface area contributed by atoms with Gasteiger partial charge < -0.3 is 0 Å². The van der Waals surface area contributed by atoms with Crippen molar-refractivity contribution in [2.45, 2.75) is 38.8 Å². The molecular formula is C16H21N7. The summed E-state index contributed by atoms with van der Waals surface area (Å²) in [5.74, 6) is 2.53. The molecule has 1 atom stereocenters. The first-order chi connectivity index (χ1) is 11.3. The lowest BCUT2D eigenvalue weighted by Gasteiger charge is -2.31. The average Bonchev–Trinajstić information content (AvgIpc) is 3.21. The van der Waals surface area contributed by atoms with Gasteiger partial charge in [0.25, 0.3) is 0 Å². The second-order valence-corrected chi connectivity index (χ2v) is 6.05. The molecule has 1 saturated heterocycles. The van der Waals surface area contributed by atoms with Crippen molar-refractivity contribution in [3.05, 3.63) is 42.4 Å². The maximum atomic E-state index is 4.44. The topological polar surface area (TPSA) is 64.1 Å². The van der Waals surface area contributed by atoms with Gasteiger partial charge >= 0.3 is 0 Å². The first-order valence-corrected chi connectivity index (χ1v) is 8.24. The molecule has 0 unspecified atom stereocenters. The molecule has 0 saturated carbocycles. The van der Waals surface area contributed by atoms with Crippen molar-refractivity contribution in [1.29, 1.82) is 0 Å². The molecule has 0 aliphatic carbocycles. The van der Waals surface area contributed by atoms with Gasteiger partial charge in [0.15, 0.2) is 5.65 Å². The highest BCUT2D eigenvalue weighted by Gasteiger charge is 2.26. The van der Waals surface area contributed by atoms with E-state index < -0.39 is 0 Å². The third-order valence-electron chi connectivity index (χ3n) is 4.57. The van der Waals surface area contributed by atoms with Gasteiger partial charge in [-0.3, -0.25) is 9.30 Å². The van der Waals surface area contributed by atoms with Crippen LogP contribution < -0.4 is 0 Å². The standard InChI is InChI=1S/C16H21N7/c1-2-23-15(17-12-18-23)11-21-8-5-6-13(10-21)16-20-19-14-7-3-4-9-22(14)16/h3-4,7,9,12-13H,2,5-6,8,10-11H2,1H3/t13-/m1/s1. The van der Waals surface area contributed by atoms with Crippen LogP contribution in [-0.4, -0.2) is 47.4 Å². The summed E-state index contributed by atoms with van der Waals surface area (Å²) in [6.07, 6.45) is 6.03. The predicted molar refractivity (Wildman–Crippen MR) is 85.9 cm³/mol. The lowest BCUT2D eigenvalue weighted by molar-refractivity contribution is 0.189. The van der Waals surface area contributed by atoms with Crippen LogP contribution in [0.3, 0.4) is 0 Å². The Morgan fingerprint density at radius 3 is 3.13 bits per heavy atom. The Morgan fingerprint density at radius 1 is 1.26 bits per heavy atom. The van der Waals surface area contributed by atoms with Crippen LogP contribution in [0.15, 0.2) is 30.7 Å². The van der Waals surface area contributed by atoms with Gasteiger partial charge in [-0.2, -0.15) is 5.10 Å². The summed E-state index contributed by atoms with van der Waals surface area (Å²) in [6, 6.07) is 6.03. The summed E-state index contributed by atoms with van der Waals surface area (Å²) in [7, 11) is 0. The zero-order valence-electron chi connectivity index (χ0n) is 13.3. The molecule has 0 radical (unpaired) electrons. The number of rotatable bonds is 4. The van der Waals surface area contributed by atoms with Crippen LogP contribution in [0.25, 0.3) is 5.65 Å². The van der Waals surface area contributed by atoms with E-state index in [4.69, 9.17) is 0 Å². The molecule has 0 bridgehead atoms. The summed E-state index contributed by atoms with van der Waals surface area (Å²) in [6.45, 7) is 5.90. The number of likely N-dealkylation sites (tertiary alicyclic amines) is 1. The molecule has 120 valence electrons. The van der Waals surface area contributed by atoms with E-state index in [9.17, 15) is 0 Å². The van der Waals surface area contributed by atoms with Crippen molar-refractivity contribution in [3.8, 4) is 0 Å². The van der Waals surface area contributed by atoms with E-state index in [1.54, 1.807) is 6.33 Å². The molecule has 0 spiro atoms. The molecule has 0 amide bonds. The number of aromatic nitrogens is 6. The molecule has 7 nitrogen and oxygen atoms in total. The van der Waals surface area contributed by atoms with Crippen LogP contribution in [-0.2, 0) is 13.1 Å². The Kier molecular flexibility index (Phi) is 3.78. The van der Waals surface area contributed by atoms with Gasteiger partial charge in [-0.25, -0.2) is 9.67 Å². The van der Waals surface area contributed by atoms with Gasteiger partial charge in [0.2, 0.25) is 0 Å². The summed E-state index contributed by atoms with van der Waals surface area (Å²) in [5.41, 5.74) is 0.922. The van der Waals surface area contributed by atoms with Crippen LogP contribution in [0, 0.1) is 0 Å². The molecule has 7 heteroatoms. The van der Waals surface area contributed by atoms with Crippen LogP contribution >= 0.6 is 0 Å². The number of hydrogen-bond donors (Lipinski definition) is 0. The Balaban J connectivity index is 1.53. The number of nitrogens with zero attached hydrogens (tertiary/aromatic N) is 7. The summed E-state index contributed by atoms with van der Waals surface area (Å²) in [5, 5.41) is 13.0. The van der Waals surface area contributed by atoms with E-state index in [0.717, 1.165) is 49.9 Å².